The Kier molecular flexibility index (Phi) is 4.57. The van der Waals surface area contributed by atoms with Crippen molar-refractivity contribution >= 4 is 23.2 Å². The molecular weight excluding hydrogens is 365 g/mol. The highest BCUT2D eigenvalue weighted by Crippen LogP contribution is 2.38. The van der Waals surface area contributed by atoms with Gasteiger partial charge in [-0.3, -0.25) is 4.79 Å². The highest BCUT2D eigenvalue weighted by Gasteiger charge is 2.34. The van der Waals surface area contributed by atoms with Crippen molar-refractivity contribution in [1.29, 1.82) is 0 Å². The summed E-state index contributed by atoms with van der Waals surface area (Å²) >= 11 is 1.34. The molecule has 1 aromatic carbocycles. The Morgan fingerprint density at radius 3 is 2.96 bits per heavy atom. The molecule has 1 aliphatic rings. The molecule has 0 saturated carbocycles. The Balaban J connectivity index is 1.77. The van der Waals surface area contributed by atoms with Crippen LogP contribution in [0.4, 0.5) is 10.3 Å². The lowest BCUT2D eigenvalue weighted by molar-refractivity contribution is 0.0737. The quantitative estimate of drug-likeness (QED) is 0.747. The number of aromatic nitrogens is 3. The van der Waals surface area contributed by atoms with Gasteiger partial charge in [0.1, 0.15) is 10.7 Å². The van der Waals surface area contributed by atoms with Crippen LogP contribution in [0.2, 0.25) is 0 Å². The summed E-state index contributed by atoms with van der Waals surface area (Å²) in [6, 6.07) is 6.04. The lowest BCUT2D eigenvalue weighted by Gasteiger charge is -2.25. The summed E-state index contributed by atoms with van der Waals surface area (Å²) in [4.78, 5) is 28.2. The van der Waals surface area contributed by atoms with Gasteiger partial charge in [-0.15, -0.1) is 11.3 Å². The summed E-state index contributed by atoms with van der Waals surface area (Å²) in [5.74, 6) is -0.256. The number of hydrogen-bond donors (Lipinski definition) is 1. The SMILES string of the molecule is Cc1ncsc1C(=O)N1CCC[C@H]1c1nc(N)ncc1-c1cccc(F)c1. The van der Waals surface area contributed by atoms with Crippen LogP contribution in [-0.2, 0) is 0 Å². The number of nitrogen functional groups attached to an aromatic ring is 1. The molecule has 0 aliphatic carbocycles. The van der Waals surface area contributed by atoms with Gasteiger partial charge in [-0.1, -0.05) is 12.1 Å². The van der Waals surface area contributed by atoms with E-state index in [0.29, 0.717) is 28.2 Å². The monoisotopic (exact) mass is 383 g/mol. The van der Waals surface area contributed by atoms with E-state index >= 15 is 0 Å². The fraction of sp³-hybridized carbons (Fsp3) is 0.263. The van der Waals surface area contributed by atoms with Crippen LogP contribution in [0.1, 0.15) is 39.9 Å². The number of carbonyl (C=O) groups is 1. The second kappa shape index (κ2) is 7.03. The Morgan fingerprint density at radius 1 is 1.37 bits per heavy atom. The number of amides is 1. The van der Waals surface area contributed by atoms with Gasteiger partial charge in [-0.25, -0.2) is 19.3 Å². The Labute approximate surface area is 159 Å². The minimum Gasteiger partial charge on any atom is -0.368 e. The third kappa shape index (κ3) is 3.28. The highest BCUT2D eigenvalue weighted by atomic mass is 32.1. The third-order valence-corrected chi connectivity index (χ3v) is 5.66. The van der Waals surface area contributed by atoms with Crippen molar-refractivity contribution in [3.63, 3.8) is 0 Å². The summed E-state index contributed by atoms with van der Waals surface area (Å²) in [7, 11) is 0. The van der Waals surface area contributed by atoms with Gasteiger partial charge in [0.25, 0.3) is 5.91 Å². The fourth-order valence-corrected chi connectivity index (χ4v) is 4.23. The number of halogens is 1. The van der Waals surface area contributed by atoms with Gasteiger partial charge in [-0.05, 0) is 37.5 Å². The van der Waals surface area contributed by atoms with Gasteiger partial charge in [0.15, 0.2) is 0 Å². The van der Waals surface area contributed by atoms with Crippen LogP contribution in [-0.4, -0.2) is 32.3 Å². The van der Waals surface area contributed by atoms with Crippen molar-refractivity contribution in [1.82, 2.24) is 19.9 Å². The van der Waals surface area contributed by atoms with E-state index in [4.69, 9.17) is 5.73 Å². The molecule has 8 heteroatoms. The molecule has 0 bridgehead atoms. The average Bonchev–Trinajstić information content (AvgIpc) is 3.30. The predicted molar refractivity (Wildman–Crippen MR) is 102 cm³/mol. The first-order valence-corrected chi connectivity index (χ1v) is 9.52. The number of nitrogens with two attached hydrogens (primary N) is 1. The Hall–Kier alpha value is -2.87. The third-order valence-electron chi connectivity index (χ3n) is 4.74. The molecule has 1 saturated heterocycles. The number of likely N-dealkylation sites (tertiary alicyclic amines) is 1. The van der Waals surface area contributed by atoms with E-state index in [0.717, 1.165) is 18.5 Å². The normalized spacial score (nSPS) is 16.7. The van der Waals surface area contributed by atoms with Crippen molar-refractivity contribution in [2.45, 2.75) is 25.8 Å². The van der Waals surface area contributed by atoms with Crippen LogP contribution < -0.4 is 5.73 Å². The molecule has 6 nitrogen and oxygen atoms in total. The molecule has 4 rings (SSSR count). The molecule has 138 valence electrons. The Morgan fingerprint density at radius 2 is 2.22 bits per heavy atom. The lowest BCUT2D eigenvalue weighted by atomic mass is 9.99. The minimum atomic E-state index is -0.338. The summed E-state index contributed by atoms with van der Waals surface area (Å²) in [5.41, 5.74) is 10.2. The lowest BCUT2D eigenvalue weighted by Crippen LogP contribution is -2.31. The maximum absolute atomic E-state index is 13.7. The summed E-state index contributed by atoms with van der Waals surface area (Å²) < 4.78 is 13.7. The van der Waals surface area contributed by atoms with Crippen molar-refractivity contribution in [2.75, 3.05) is 12.3 Å². The smallest absolute Gasteiger partial charge is 0.266 e. The van der Waals surface area contributed by atoms with Crippen LogP contribution in [0, 0.1) is 12.7 Å². The number of nitrogens with zero attached hydrogens (tertiary/aromatic N) is 4. The van der Waals surface area contributed by atoms with E-state index in [-0.39, 0.29) is 23.7 Å². The summed E-state index contributed by atoms with van der Waals surface area (Å²) in [6.07, 6.45) is 3.23. The van der Waals surface area contributed by atoms with E-state index in [1.54, 1.807) is 23.8 Å². The van der Waals surface area contributed by atoms with Gasteiger partial charge in [0.2, 0.25) is 5.95 Å². The summed E-state index contributed by atoms with van der Waals surface area (Å²) in [5, 5.41) is 0. The molecular formula is C19H18FN5OS. The van der Waals surface area contributed by atoms with Crippen molar-refractivity contribution in [2.24, 2.45) is 0 Å². The molecule has 2 N–H and O–H groups in total. The molecule has 3 heterocycles. The molecule has 0 unspecified atom stereocenters. The first-order valence-electron chi connectivity index (χ1n) is 8.64. The fourth-order valence-electron chi connectivity index (χ4n) is 3.47. The molecule has 1 fully saturated rings. The van der Waals surface area contributed by atoms with Crippen LogP contribution in [0.15, 0.2) is 36.0 Å². The van der Waals surface area contributed by atoms with E-state index in [2.05, 4.69) is 15.0 Å². The van der Waals surface area contributed by atoms with Crippen LogP contribution in [0.25, 0.3) is 11.1 Å². The molecule has 2 aromatic heterocycles. The van der Waals surface area contributed by atoms with E-state index in [9.17, 15) is 9.18 Å². The zero-order chi connectivity index (χ0) is 19.0. The molecule has 0 radical (unpaired) electrons. The molecule has 0 spiro atoms. The van der Waals surface area contributed by atoms with Gasteiger partial charge >= 0.3 is 0 Å². The molecule has 1 atom stereocenters. The summed E-state index contributed by atoms with van der Waals surface area (Å²) in [6.45, 7) is 2.46. The number of thiazole rings is 1. The maximum Gasteiger partial charge on any atom is 0.266 e. The first-order chi connectivity index (χ1) is 13.0. The second-order valence-corrected chi connectivity index (χ2v) is 7.32. The van der Waals surface area contributed by atoms with Crippen molar-refractivity contribution in [3.05, 3.63) is 58.1 Å². The number of benzene rings is 1. The van der Waals surface area contributed by atoms with Gasteiger partial charge < -0.3 is 10.6 Å². The largest absolute Gasteiger partial charge is 0.368 e. The zero-order valence-corrected chi connectivity index (χ0v) is 15.5. The standard InChI is InChI=1S/C19H18FN5OS/c1-11-17(27-10-23-11)18(26)25-7-3-6-15(25)16-14(9-22-19(21)24-16)12-4-2-5-13(20)8-12/h2,4-5,8-10,15H,3,6-7H2,1H3,(H2,21,22,24)/t15-/m0/s1. The topological polar surface area (TPSA) is 85.0 Å². The average molecular weight is 383 g/mol. The molecule has 3 aromatic rings. The number of anilines is 1. The van der Waals surface area contributed by atoms with Gasteiger partial charge in [0, 0.05) is 18.3 Å². The Bertz CT molecular complexity index is 1010. The van der Waals surface area contributed by atoms with E-state index < -0.39 is 0 Å². The number of aryl methyl sites for hydroxylation is 1. The predicted octanol–water partition coefficient (Wildman–Crippen LogP) is 3.61. The zero-order valence-electron chi connectivity index (χ0n) is 14.7. The maximum atomic E-state index is 13.7. The van der Waals surface area contributed by atoms with Crippen molar-refractivity contribution < 1.29 is 9.18 Å². The number of carbonyl (C=O) groups excluding carboxylic acids is 1. The van der Waals surface area contributed by atoms with Crippen LogP contribution in [0.5, 0.6) is 0 Å². The number of hydrogen-bond acceptors (Lipinski definition) is 6. The van der Waals surface area contributed by atoms with E-state index in [1.165, 1.54) is 23.5 Å². The minimum absolute atomic E-state index is 0.0557. The highest BCUT2D eigenvalue weighted by molar-refractivity contribution is 7.11. The molecule has 1 aliphatic heterocycles. The van der Waals surface area contributed by atoms with Crippen molar-refractivity contribution in [3.8, 4) is 11.1 Å². The second-order valence-electron chi connectivity index (χ2n) is 6.46. The van der Waals surface area contributed by atoms with Crippen LogP contribution >= 0.6 is 11.3 Å². The molecule has 27 heavy (non-hydrogen) atoms. The first kappa shape index (κ1) is 17.5. The van der Waals surface area contributed by atoms with Crippen LogP contribution in [0.3, 0.4) is 0 Å². The van der Waals surface area contributed by atoms with Gasteiger partial charge in [-0.2, -0.15) is 0 Å². The molecule has 1 amide bonds. The van der Waals surface area contributed by atoms with Gasteiger partial charge in [0.05, 0.1) is 22.9 Å². The van der Waals surface area contributed by atoms with E-state index in [1.807, 2.05) is 11.8 Å². The number of rotatable bonds is 3.